The molecule has 0 saturated carbocycles. The molecule has 1 aromatic carbocycles. The van der Waals surface area contributed by atoms with Crippen molar-refractivity contribution in [1.29, 1.82) is 0 Å². The van der Waals surface area contributed by atoms with Crippen LogP contribution in [0.2, 0.25) is 0 Å². The minimum absolute atomic E-state index is 0.657. The van der Waals surface area contributed by atoms with Gasteiger partial charge in [0.2, 0.25) is 0 Å². The largest absolute Gasteiger partial charge is 0.314 e. The highest BCUT2D eigenvalue weighted by molar-refractivity contribution is 5.37. The van der Waals surface area contributed by atoms with Crippen molar-refractivity contribution >= 4 is 0 Å². The molecule has 1 atom stereocenters. The third-order valence-corrected chi connectivity index (χ3v) is 3.66. The molecule has 2 heterocycles. The molecule has 0 radical (unpaired) electrons. The number of aryl methyl sites for hydroxylation is 1. The highest BCUT2D eigenvalue weighted by atomic mass is 15.1. The van der Waals surface area contributed by atoms with Crippen molar-refractivity contribution in [3.63, 3.8) is 0 Å². The van der Waals surface area contributed by atoms with Crippen LogP contribution in [0, 0.1) is 6.92 Å². The second-order valence-corrected chi connectivity index (χ2v) is 5.01. The Hall–Kier alpha value is -1.61. The maximum Gasteiger partial charge on any atom is 0.110 e. The Morgan fingerprint density at radius 1 is 1.44 bits per heavy atom. The van der Waals surface area contributed by atoms with E-state index >= 15 is 0 Å². The Morgan fingerprint density at radius 3 is 3.11 bits per heavy atom. The number of nitrogens with zero attached hydrogens (tertiary/aromatic N) is 2. The third-order valence-electron chi connectivity index (χ3n) is 3.66. The summed E-state index contributed by atoms with van der Waals surface area (Å²) in [7, 11) is 0. The molecular weight excluding hydrogens is 222 g/mol. The van der Waals surface area contributed by atoms with Gasteiger partial charge in [-0.05, 0) is 50.4 Å². The van der Waals surface area contributed by atoms with Gasteiger partial charge in [0.05, 0.1) is 0 Å². The fourth-order valence-corrected chi connectivity index (χ4v) is 2.70. The molecule has 1 fully saturated rings. The maximum absolute atomic E-state index is 4.28. The van der Waals surface area contributed by atoms with Gasteiger partial charge in [0, 0.05) is 24.1 Å². The Morgan fingerprint density at radius 2 is 2.39 bits per heavy atom. The van der Waals surface area contributed by atoms with Crippen LogP contribution >= 0.6 is 0 Å². The van der Waals surface area contributed by atoms with Crippen molar-refractivity contribution in [1.82, 2.24) is 14.9 Å². The molecule has 1 unspecified atom stereocenters. The van der Waals surface area contributed by atoms with E-state index < -0.39 is 0 Å². The van der Waals surface area contributed by atoms with E-state index in [4.69, 9.17) is 0 Å². The first-order chi connectivity index (χ1) is 8.83. The van der Waals surface area contributed by atoms with Gasteiger partial charge in [0.1, 0.15) is 5.82 Å². The predicted molar refractivity (Wildman–Crippen MR) is 73.0 cm³/mol. The van der Waals surface area contributed by atoms with Crippen LogP contribution in [0.3, 0.4) is 0 Å². The molecule has 3 heteroatoms. The van der Waals surface area contributed by atoms with Gasteiger partial charge >= 0.3 is 0 Å². The highest BCUT2D eigenvalue weighted by Crippen LogP contribution is 2.16. The van der Waals surface area contributed by atoms with Crippen LogP contribution in [0.1, 0.15) is 24.2 Å². The van der Waals surface area contributed by atoms with Gasteiger partial charge in [0.15, 0.2) is 0 Å². The molecule has 3 rings (SSSR count). The number of imidazole rings is 1. The zero-order chi connectivity index (χ0) is 12.4. The highest BCUT2D eigenvalue weighted by Gasteiger charge is 2.14. The van der Waals surface area contributed by atoms with Crippen molar-refractivity contribution in [2.24, 2.45) is 0 Å². The standard InChI is InChI=1S/C15H19N3/c1-12-16-8-9-18(12)15-6-2-4-13(11-15)10-14-5-3-7-17-14/h2,4,6,8-9,11,14,17H,3,5,7,10H2,1H3. The molecule has 1 aromatic heterocycles. The zero-order valence-corrected chi connectivity index (χ0v) is 10.8. The van der Waals surface area contributed by atoms with Crippen LogP contribution in [-0.2, 0) is 6.42 Å². The maximum atomic E-state index is 4.28. The number of benzene rings is 1. The van der Waals surface area contributed by atoms with Crippen LogP contribution in [0.4, 0.5) is 0 Å². The summed E-state index contributed by atoms with van der Waals surface area (Å²) in [4.78, 5) is 4.28. The smallest absolute Gasteiger partial charge is 0.110 e. The molecule has 0 amide bonds. The molecule has 0 aliphatic carbocycles. The molecule has 18 heavy (non-hydrogen) atoms. The van der Waals surface area contributed by atoms with E-state index in [1.807, 2.05) is 19.3 Å². The van der Waals surface area contributed by atoms with E-state index in [1.54, 1.807) is 0 Å². The molecule has 0 bridgehead atoms. The van der Waals surface area contributed by atoms with Gasteiger partial charge in [0.25, 0.3) is 0 Å². The van der Waals surface area contributed by atoms with Gasteiger partial charge in [-0.3, -0.25) is 0 Å². The summed E-state index contributed by atoms with van der Waals surface area (Å²) in [5.41, 5.74) is 2.61. The van der Waals surface area contributed by atoms with Crippen molar-refractivity contribution in [2.45, 2.75) is 32.2 Å². The third kappa shape index (κ3) is 2.31. The number of nitrogens with one attached hydrogen (secondary N) is 1. The van der Waals surface area contributed by atoms with E-state index in [2.05, 4.69) is 39.1 Å². The molecule has 0 spiro atoms. The topological polar surface area (TPSA) is 29.9 Å². The average molecular weight is 241 g/mol. The predicted octanol–water partition coefficient (Wildman–Crippen LogP) is 2.48. The zero-order valence-electron chi connectivity index (χ0n) is 10.8. The van der Waals surface area contributed by atoms with Crippen molar-refractivity contribution < 1.29 is 0 Å². The van der Waals surface area contributed by atoms with Crippen LogP contribution < -0.4 is 5.32 Å². The summed E-state index contributed by atoms with van der Waals surface area (Å²) < 4.78 is 2.13. The molecule has 94 valence electrons. The summed E-state index contributed by atoms with van der Waals surface area (Å²) in [5, 5.41) is 3.55. The number of hydrogen-bond acceptors (Lipinski definition) is 2. The first-order valence-electron chi connectivity index (χ1n) is 6.65. The van der Waals surface area contributed by atoms with Gasteiger partial charge in [-0.15, -0.1) is 0 Å². The van der Waals surface area contributed by atoms with E-state index in [0.717, 1.165) is 12.2 Å². The average Bonchev–Trinajstić information content (AvgIpc) is 3.01. The lowest BCUT2D eigenvalue weighted by Gasteiger charge is -2.12. The van der Waals surface area contributed by atoms with E-state index in [9.17, 15) is 0 Å². The SMILES string of the molecule is Cc1nccn1-c1cccc(CC2CCCN2)c1. The minimum atomic E-state index is 0.657. The van der Waals surface area contributed by atoms with Gasteiger partial charge in [-0.25, -0.2) is 4.98 Å². The molecular formula is C15H19N3. The molecule has 1 aliphatic heterocycles. The van der Waals surface area contributed by atoms with Crippen LogP contribution in [0.25, 0.3) is 5.69 Å². The Bertz CT molecular complexity index is 524. The van der Waals surface area contributed by atoms with Gasteiger partial charge in [-0.1, -0.05) is 12.1 Å². The van der Waals surface area contributed by atoms with E-state index in [-0.39, 0.29) is 0 Å². The second kappa shape index (κ2) is 4.94. The molecule has 1 saturated heterocycles. The second-order valence-electron chi connectivity index (χ2n) is 5.01. The Labute approximate surface area is 108 Å². The summed E-state index contributed by atoms with van der Waals surface area (Å²) in [6, 6.07) is 9.42. The normalized spacial score (nSPS) is 19.3. The van der Waals surface area contributed by atoms with Crippen molar-refractivity contribution in [3.05, 3.63) is 48.0 Å². The van der Waals surface area contributed by atoms with E-state index in [0.29, 0.717) is 6.04 Å². The monoisotopic (exact) mass is 241 g/mol. The number of aromatic nitrogens is 2. The van der Waals surface area contributed by atoms with E-state index in [1.165, 1.54) is 30.6 Å². The van der Waals surface area contributed by atoms with Crippen LogP contribution in [0.15, 0.2) is 36.7 Å². The molecule has 2 aromatic rings. The Kier molecular flexibility index (Phi) is 3.15. The van der Waals surface area contributed by atoms with Crippen molar-refractivity contribution in [2.75, 3.05) is 6.54 Å². The summed E-state index contributed by atoms with van der Waals surface area (Å²) in [6.45, 7) is 3.20. The first kappa shape index (κ1) is 11.5. The lowest BCUT2D eigenvalue weighted by Crippen LogP contribution is -2.23. The minimum Gasteiger partial charge on any atom is -0.314 e. The fraction of sp³-hybridized carbons (Fsp3) is 0.400. The first-order valence-corrected chi connectivity index (χ1v) is 6.65. The van der Waals surface area contributed by atoms with Gasteiger partial charge < -0.3 is 9.88 Å². The van der Waals surface area contributed by atoms with Crippen LogP contribution in [0.5, 0.6) is 0 Å². The lowest BCUT2D eigenvalue weighted by molar-refractivity contribution is 0.603. The molecule has 1 N–H and O–H groups in total. The number of hydrogen-bond donors (Lipinski definition) is 1. The summed E-state index contributed by atoms with van der Waals surface area (Å²) >= 11 is 0. The quantitative estimate of drug-likeness (QED) is 0.894. The number of rotatable bonds is 3. The molecule has 1 aliphatic rings. The lowest BCUT2D eigenvalue weighted by atomic mass is 10.0. The summed E-state index contributed by atoms with van der Waals surface area (Å²) in [6.07, 6.45) is 7.60. The van der Waals surface area contributed by atoms with Gasteiger partial charge in [-0.2, -0.15) is 0 Å². The van der Waals surface area contributed by atoms with Crippen LogP contribution in [-0.4, -0.2) is 22.1 Å². The van der Waals surface area contributed by atoms with Crippen molar-refractivity contribution in [3.8, 4) is 5.69 Å². The fourth-order valence-electron chi connectivity index (χ4n) is 2.70. The molecule has 3 nitrogen and oxygen atoms in total. The summed E-state index contributed by atoms with van der Waals surface area (Å²) in [5.74, 6) is 1.03. The Balaban J connectivity index is 1.82.